The average molecular weight is 336 g/mol. The Morgan fingerprint density at radius 1 is 1.48 bits per heavy atom. The summed E-state index contributed by atoms with van der Waals surface area (Å²) >= 11 is 6.00. The Bertz CT molecular complexity index is 858. The van der Waals surface area contributed by atoms with Crippen LogP contribution in [-0.4, -0.2) is 29.3 Å². The Hall–Kier alpha value is -2.47. The van der Waals surface area contributed by atoms with Crippen LogP contribution in [0.4, 0.5) is 4.79 Å². The number of benzene rings is 1. The SMILES string of the molecule is C=CCOC(=O)N1CCc2c(c(=O)oc3c(Cl)c(O)ccc23)C1. The molecule has 120 valence electrons. The summed E-state index contributed by atoms with van der Waals surface area (Å²) in [5.41, 5.74) is 0.784. The van der Waals surface area contributed by atoms with Gasteiger partial charge in [0.15, 0.2) is 5.58 Å². The van der Waals surface area contributed by atoms with Gasteiger partial charge in [0, 0.05) is 11.9 Å². The zero-order valence-corrected chi connectivity index (χ0v) is 12.9. The van der Waals surface area contributed by atoms with Crippen LogP contribution < -0.4 is 5.63 Å². The van der Waals surface area contributed by atoms with Crippen molar-refractivity contribution in [3.8, 4) is 5.75 Å². The summed E-state index contributed by atoms with van der Waals surface area (Å²) in [6.07, 6.45) is 1.45. The molecule has 1 amide bonds. The number of rotatable bonds is 2. The molecule has 2 aromatic rings. The number of ether oxygens (including phenoxy) is 1. The van der Waals surface area contributed by atoms with E-state index < -0.39 is 11.7 Å². The highest BCUT2D eigenvalue weighted by Gasteiger charge is 2.27. The molecule has 0 atom stereocenters. The molecule has 1 aromatic carbocycles. The molecule has 6 nitrogen and oxygen atoms in total. The highest BCUT2D eigenvalue weighted by Crippen LogP contribution is 2.34. The van der Waals surface area contributed by atoms with Gasteiger partial charge in [0.25, 0.3) is 0 Å². The number of phenolic OH excluding ortho intramolecular Hbond substituents is 1. The first-order chi connectivity index (χ1) is 11.0. The quantitative estimate of drug-likeness (QED) is 0.674. The van der Waals surface area contributed by atoms with E-state index in [9.17, 15) is 14.7 Å². The van der Waals surface area contributed by atoms with E-state index in [-0.39, 0.29) is 29.5 Å². The summed E-state index contributed by atoms with van der Waals surface area (Å²) in [7, 11) is 0. The molecular weight excluding hydrogens is 322 g/mol. The molecule has 0 unspecified atom stereocenters. The third-order valence-corrected chi connectivity index (χ3v) is 4.14. The highest BCUT2D eigenvalue weighted by molar-refractivity contribution is 6.36. The maximum Gasteiger partial charge on any atom is 0.410 e. The van der Waals surface area contributed by atoms with E-state index >= 15 is 0 Å². The second-order valence-electron chi connectivity index (χ2n) is 5.16. The van der Waals surface area contributed by atoms with Crippen LogP contribution in [0.2, 0.25) is 5.02 Å². The van der Waals surface area contributed by atoms with Crippen molar-refractivity contribution in [3.63, 3.8) is 0 Å². The molecule has 7 heteroatoms. The van der Waals surface area contributed by atoms with Crippen LogP contribution in [0.5, 0.6) is 5.75 Å². The van der Waals surface area contributed by atoms with Crippen LogP contribution in [0.15, 0.2) is 34.0 Å². The van der Waals surface area contributed by atoms with Gasteiger partial charge < -0.3 is 19.2 Å². The van der Waals surface area contributed by atoms with Crippen LogP contribution >= 0.6 is 11.6 Å². The lowest BCUT2D eigenvalue weighted by Gasteiger charge is -2.27. The first kappa shape index (κ1) is 15.4. The third kappa shape index (κ3) is 2.66. The summed E-state index contributed by atoms with van der Waals surface area (Å²) < 4.78 is 10.2. The Kier molecular flexibility index (Phi) is 4.00. The summed E-state index contributed by atoms with van der Waals surface area (Å²) in [5.74, 6) is -0.146. The lowest BCUT2D eigenvalue weighted by atomic mass is 9.97. The molecule has 2 heterocycles. The molecule has 3 rings (SSSR count). The first-order valence-electron chi connectivity index (χ1n) is 7.01. The van der Waals surface area contributed by atoms with Gasteiger partial charge in [-0.1, -0.05) is 24.3 Å². The van der Waals surface area contributed by atoms with Gasteiger partial charge in [-0.05, 0) is 24.1 Å². The molecular formula is C16H14ClNO5. The number of carbonyl (C=O) groups excluding carboxylic acids is 1. The topological polar surface area (TPSA) is 80.0 Å². The van der Waals surface area contributed by atoms with Gasteiger partial charge in [-0.15, -0.1) is 0 Å². The van der Waals surface area contributed by atoms with Gasteiger partial charge in [-0.2, -0.15) is 0 Å². The Morgan fingerprint density at radius 2 is 2.26 bits per heavy atom. The third-order valence-electron chi connectivity index (χ3n) is 3.77. The molecule has 1 N–H and O–H groups in total. The normalized spacial score (nSPS) is 13.7. The fourth-order valence-corrected chi connectivity index (χ4v) is 2.87. The van der Waals surface area contributed by atoms with Crippen LogP contribution in [0.1, 0.15) is 11.1 Å². The smallest absolute Gasteiger partial charge is 0.410 e. The molecule has 0 fully saturated rings. The van der Waals surface area contributed by atoms with Gasteiger partial charge in [-0.3, -0.25) is 0 Å². The summed E-state index contributed by atoms with van der Waals surface area (Å²) in [4.78, 5) is 25.6. The number of halogens is 1. The van der Waals surface area contributed by atoms with Crippen molar-refractivity contribution in [2.24, 2.45) is 0 Å². The van der Waals surface area contributed by atoms with Crippen molar-refractivity contribution in [3.05, 3.63) is 51.4 Å². The number of phenols is 1. The zero-order chi connectivity index (χ0) is 16.6. The number of hydrogen-bond acceptors (Lipinski definition) is 5. The number of fused-ring (bicyclic) bond motifs is 3. The molecule has 0 spiro atoms. The number of carbonyl (C=O) groups is 1. The van der Waals surface area contributed by atoms with Gasteiger partial charge >= 0.3 is 11.7 Å². The summed E-state index contributed by atoms with van der Waals surface area (Å²) in [6.45, 7) is 4.13. The molecule has 1 aromatic heterocycles. The van der Waals surface area contributed by atoms with E-state index in [4.69, 9.17) is 20.8 Å². The maximum absolute atomic E-state index is 12.2. The van der Waals surface area contributed by atoms with Gasteiger partial charge in [0.2, 0.25) is 0 Å². The minimum atomic E-state index is -0.568. The van der Waals surface area contributed by atoms with Gasteiger partial charge in [-0.25, -0.2) is 9.59 Å². The van der Waals surface area contributed by atoms with Gasteiger partial charge in [0.05, 0.1) is 12.1 Å². The standard InChI is InChI=1S/C16H14ClNO5/c1-2-7-22-16(21)18-6-5-9-10-3-4-12(19)13(17)14(10)23-15(20)11(9)8-18/h2-4,19H,1,5-8H2. The van der Waals surface area contributed by atoms with Gasteiger partial charge in [0.1, 0.15) is 17.4 Å². The predicted molar refractivity (Wildman–Crippen MR) is 84.8 cm³/mol. The lowest BCUT2D eigenvalue weighted by molar-refractivity contribution is 0.107. The summed E-state index contributed by atoms with van der Waals surface area (Å²) in [5, 5.41) is 10.3. The molecule has 0 aliphatic carbocycles. The molecule has 1 aliphatic heterocycles. The Labute approximate surface area is 136 Å². The molecule has 23 heavy (non-hydrogen) atoms. The number of amides is 1. The number of hydrogen-bond donors (Lipinski definition) is 1. The minimum absolute atomic E-state index is 0.00947. The molecule has 0 saturated carbocycles. The van der Waals surface area contributed by atoms with Crippen molar-refractivity contribution in [2.75, 3.05) is 13.2 Å². The Balaban J connectivity index is 2.03. The zero-order valence-electron chi connectivity index (χ0n) is 12.2. The predicted octanol–water partition coefficient (Wildman–Crippen LogP) is 2.83. The van der Waals surface area contributed by atoms with E-state index in [0.29, 0.717) is 23.9 Å². The van der Waals surface area contributed by atoms with Crippen LogP contribution in [-0.2, 0) is 17.7 Å². The molecule has 0 bridgehead atoms. The first-order valence-corrected chi connectivity index (χ1v) is 7.39. The monoisotopic (exact) mass is 335 g/mol. The molecule has 0 radical (unpaired) electrons. The van der Waals surface area contributed by atoms with Crippen LogP contribution in [0.25, 0.3) is 11.0 Å². The lowest BCUT2D eigenvalue weighted by Crippen LogP contribution is -2.38. The van der Waals surface area contributed by atoms with Crippen LogP contribution in [0, 0.1) is 0 Å². The van der Waals surface area contributed by atoms with E-state index in [2.05, 4.69) is 6.58 Å². The van der Waals surface area contributed by atoms with Crippen molar-refractivity contribution >= 4 is 28.7 Å². The second-order valence-corrected chi connectivity index (χ2v) is 5.54. The van der Waals surface area contributed by atoms with E-state index in [1.807, 2.05) is 0 Å². The Morgan fingerprint density at radius 3 is 3.00 bits per heavy atom. The van der Waals surface area contributed by atoms with Crippen LogP contribution in [0.3, 0.4) is 0 Å². The minimum Gasteiger partial charge on any atom is -0.506 e. The van der Waals surface area contributed by atoms with Crippen molar-refractivity contribution < 1.29 is 19.1 Å². The van der Waals surface area contributed by atoms with E-state index in [0.717, 1.165) is 5.56 Å². The molecule has 1 aliphatic rings. The largest absolute Gasteiger partial charge is 0.506 e. The van der Waals surface area contributed by atoms with E-state index in [1.165, 1.54) is 17.0 Å². The second kappa shape index (κ2) is 5.96. The van der Waals surface area contributed by atoms with Crippen molar-refractivity contribution in [1.29, 1.82) is 0 Å². The van der Waals surface area contributed by atoms with E-state index in [1.54, 1.807) is 6.07 Å². The fourth-order valence-electron chi connectivity index (χ4n) is 2.66. The highest BCUT2D eigenvalue weighted by atomic mass is 35.5. The summed E-state index contributed by atoms with van der Waals surface area (Å²) in [6, 6.07) is 3.11. The fraction of sp³-hybridized carbons (Fsp3) is 0.250. The average Bonchev–Trinajstić information content (AvgIpc) is 2.56. The number of nitrogens with zero attached hydrogens (tertiary/aromatic N) is 1. The number of aromatic hydroxyl groups is 1. The molecule has 0 saturated heterocycles. The maximum atomic E-state index is 12.2. The van der Waals surface area contributed by atoms with Crippen molar-refractivity contribution in [2.45, 2.75) is 13.0 Å². The van der Waals surface area contributed by atoms with Crippen molar-refractivity contribution in [1.82, 2.24) is 4.90 Å².